The number of alkyl halides is 1. The van der Waals surface area contributed by atoms with E-state index in [1.54, 1.807) is 32.9 Å². The van der Waals surface area contributed by atoms with Gasteiger partial charge in [0.15, 0.2) is 28.8 Å². The highest BCUT2D eigenvalue weighted by Gasteiger charge is 2.75. The number of allylic oxidation sites excluding steroid dienone is 5. The molecule has 10 nitrogen and oxygen atoms in total. The van der Waals surface area contributed by atoms with Crippen LogP contribution in [0.4, 0.5) is 4.39 Å². The Labute approximate surface area is 317 Å². The molecule has 298 valence electrons. The van der Waals surface area contributed by atoms with Gasteiger partial charge in [-0.05, 0) is 124 Å². The van der Waals surface area contributed by atoms with Crippen LogP contribution in [0.2, 0.25) is 0 Å². The third-order valence-corrected chi connectivity index (χ3v) is 17.4. The Balaban J connectivity index is 0.000000167. The molecule has 0 aromatic carbocycles. The zero-order valence-corrected chi connectivity index (χ0v) is 32.3. The smallest absolute Gasteiger partial charge is 0.190 e. The minimum atomic E-state index is -1.98. The van der Waals surface area contributed by atoms with Crippen LogP contribution in [-0.2, 0) is 19.2 Å². The molecule has 8 aliphatic carbocycles. The largest absolute Gasteiger partial charge is 0.393 e. The van der Waals surface area contributed by atoms with E-state index in [0.29, 0.717) is 44.1 Å². The summed E-state index contributed by atoms with van der Waals surface area (Å²) < 4.78 is 16.9. The van der Waals surface area contributed by atoms with Gasteiger partial charge < -0.3 is 30.6 Å². The molecule has 6 saturated carbocycles. The summed E-state index contributed by atoms with van der Waals surface area (Å²) in [6, 6.07) is 0. The van der Waals surface area contributed by atoms with Crippen LogP contribution in [0.1, 0.15) is 105 Å². The Hall–Kier alpha value is -2.41. The molecule has 0 spiro atoms. The number of Topliss-reactive ketones (excluding diaryl/α,β-unsaturated/α-hetero) is 2. The first-order chi connectivity index (χ1) is 25.1. The van der Waals surface area contributed by atoms with E-state index in [1.165, 1.54) is 17.7 Å². The Bertz CT molecular complexity index is 1740. The Kier molecular flexibility index (Phi) is 9.44. The van der Waals surface area contributed by atoms with Crippen molar-refractivity contribution in [3.63, 3.8) is 0 Å². The maximum atomic E-state index is 16.9. The molecule has 0 heterocycles. The van der Waals surface area contributed by atoms with Crippen molar-refractivity contribution in [2.45, 2.75) is 134 Å². The van der Waals surface area contributed by atoms with Crippen molar-refractivity contribution in [3.8, 4) is 0 Å². The molecule has 0 radical (unpaired) electrons. The second kappa shape index (κ2) is 12.8. The van der Waals surface area contributed by atoms with Crippen LogP contribution in [0.5, 0.6) is 0 Å². The van der Waals surface area contributed by atoms with Crippen molar-refractivity contribution < 1.29 is 54.2 Å². The van der Waals surface area contributed by atoms with Gasteiger partial charge in [-0.3, -0.25) is 19.2 Å². The lowest BCUT2D eigenvalue weighted by Gasteiger charge is -2.62. The molecule has 0 unspecified atom stereocenters. The summed E-state index contributed by atoms with van der Waals surface area (Å²) in [7, 11) is 0. The third-order valence-electron chi connectivity index (χ3n) is 17.4. The first-order valence-electron chi connectivity index (χ1n) is 20.1. The van der Waals surface area contributed by atoms with Gasteiger partial charge in [0.25, 0.3) is 0 Å². The third kappa shape index (κ3) is 4.90. The summed E-state index contributed by atoms with van der Waals surface area (Å²) in [5, 5.41) is 63.7. The lowest BCUT2D eigenvalue weighted by molar-refractivity contribution is -0.219. The first-order valence-corrected chi connectivity index (χ1v) is 20.1. The molecule has 0 aromatic heterocycles. The zero-order chi connectivity index (χ0) is 39.6. The number of ketones is 4. The van der Waals surface area contributed by atoms with Crippen molar-refractivity contribution >= 4 is 23.1 Å². The molecule has 6 N–H and O–H groups in total. The molecule has 11 heteroatoms. The number of rotatable bonds is 4. The summed E-state index contributed by atoms with van der Waals surface area (Å²) in [6.45, 7) is 7.94. The highest BCUT2D eigenvalue weighted by molar-refractivity contribution is 6.01. The maximum absolute atomic E-state index is 16.9. The minimum absolute atomic E-state index is 0.0676. The normalized spacial score (nSPS) is 51.6. The van der Waals surface area contributed by atoms with Crippen LogP contribution in [0.25, 0.3) is 0 Å². The Morgan fingerprint density at radius 3 is 2.15 bits per heavy atom. The van der Waals surface area contributed by atoms with Gasteiger partial charge in [-0.1, -0.05) is 44.9 Å². The topological polar surface area (TPSA) is 190 Å². The van der Waals surface area contributed by atoms with Crippen LogP contribution in [0.3, 0.4) is 0 Å². The van der Waals surface area contributed by atoms with Gasteiger partial charge in [-0.25, -0.2) is 4.39 Å². The Morgan fingerprint density at radius 2 is 1.48 bits per heavy atom. The predicted molar refractivity (Wildman–Crippen MR) is 195 cm³/mol. The van der Waals surface area contributed by atoms with E-state index in [-0.39, 0.29) is 47.1 Å². The highest BCUT2D eigenvalue weighted by atomic mass is 19.1. The number of carbonyl (C=O) groups is 4. The van der Waals surface area contributed by atoms with Crippen LogP contribution < -0.4 is 0 Å². The van der Waals surface area contributed by atoms with Gasteiger partial charge in [0, 0.05) is 28.6 Å². The summed E-state index contributed by atoms with van der Waals surface area (Å²) >= 11 is 0. The fraction of sp³-hybridized carbons (Fsp3) is 0.767. The van der Waals surface area contributed by atoms with Crippen LogP contribution in [0, 0.1) is 57.2 Å². The van der Waals surface area contributed by atoms with Gasteiger partial charge in [-0.2, -0.15) is 0 Å². The number of halogens is 1. The summed E-state index contributed by atoms with van der Waals surface area (Å²) in [5.41, 5.74) is -6.40. The van der Waals surface area contributed by atoms with Crippen LogP contribution >= 0.6 is 0 Å². The second-order valence-corrected chi connectivity index (χ2v) is 19.3. The molecule has 0 amide bonds. The summed E-state index contributed by atoms with van der Waals surface area (Å²) in [5.74, 6) is -1.98. The molecule has 8 rings (SSSR count). The predicted octanol–water partition coefficient (Wildman–Crippen LogP) is 3.68. The molecule has 0 aromatic rings. The molecule has 0 bridgehead atoms. The molecule has 0 saturated heterocycles. The minimum Gasteiger partial charge on any atom is -0.393 e. The second-order valence-electron chi connectivity index (χ2n) is 19.3. The number of carbonyl (C=O) groups excluding carboxylic acids is 4. The zero-order valence-electron chi connectivity index (χ0n) is 32.3. The fourth-order valence-electron chi connectivity index (χ4n) is 14.5. The van der Waals surface area contributed by atoms with Gasteiger partial charge >= 0.3 is 0 Å². The lowest BCUT2D eigenvalue weighted by Crippen LogP contribution is -2.69. The van der Waals surface area contributed by atoms with Crippen LogP contribution in [0.15, 0.2) is 35.5 Å². The maximum Gasteiger partial charge on any atom is 0.190 e. The summed E-state index contributed by atoms with van der Waals surface area (Å²) in [6.07, 6.45) is 10.2. The lowest BCUT2D eigenvalue weighted by atomic mass is 9.44. The Morgan fingerprint density at radius 1 is 0.815 bits per heavy atom. The SMILES string of the molecule is C[C@@H]1C[C@H]2[C@@H]3CCC4=CC(=O)C=C[C@]4(C)[C@@]3(F)[C@@H](O)C[C@]2(C)[C@@]1(O)C(=O)CO.C[C@]12CCC(=O)C=C1CC[C@@H]1[C@@H]2[C@@H](O)C[C@@]2(C)[C@H]1CC[C@]2(O)C(=O)CO. The number of aliphatic hydroxyl groups is 6. The number of fused-ring (bicyclic) bond motifs is 10. The molecular formula is C43H59FO10. The molecule has 8 aliphatic rings. The average molecular weight is 755 g/mol. The first kappa shape index (κ1) is 39.8. The number of hydrogen-bond donors (Lipinski definition) is 6. The van der Waals surface area contributed by atoms with E-state index in [2.05, 4.69) is 6.92 Å². The summed E-state index contributed by atoms with van der Waals surface area (Å²) in [4.78, 5) is 48.6. The van der Waals surface area contributed by atoms with Crippen molar-refractivity contribution in [2.24, 2.45) is 57.2 Å². The van der Waals surface area contributed by atoms with Gasteiger partial charge in [0.1, 0.15) is 24.4 Å². The molecular weight excluding hydrogens is 695 g/mol. The van der Waals surface area contributed by atoms with Gasteiger partial charge in [-0.15, -0.1) is 0 Å². The van der Waals surface area contributed by atoms with E-state index < -0.39 is 81.9 Å². The average Bonchev–Trinajstić information content (AvgIpc) is 3.51. The van der Waals surface area contributed by atoms with Gasteiger partial charge in [0.05, 0.1) is 12.2 Å². The van der Waals surface area contributed by atoms with Crippen molar-refractivity contribution in [1.29, 1.82) is 0 Å². The highest BCUT2D eigenvalue weighted by Crippen LogP contribution is 2.71. The number of aliphatic hydroxyl groups excluding tert-OH is 4. The standard InChI is InChI=1S/C22H29FO5.C21H30O5/c1-12-8-16-15-5-4-13-9-14(25)6-7-19(13,2)21(15,23)17(26)10-20(16,3)22(12,28)18(27)11-24;1-19-7-5-13(23)9-12(19)3-4-14-15-6-8-21(26,17(25)11-22)20(15,2)10-16(24)18(14)19/h6-7,9,12,15-17,24,26,28H,4-5,8,10-11H2,1-3H3;9,14-16,18,22,24,26H,3-8,10-11H2,1-2H3/t12-,15+,16+,17+,19+,20+,21+,22+;14-,15-,16-,18+,19-,20-,21-/m10/s1. The molecule has 15 atom stereocenters. The molecule has 54 heavy (non-hydrogen) atoms. The van der Waals surface area contributed by atoms with Crippen molar-refractivity contribution in [2.75, 3.05) is 13.2 Å². The van der Waals surface area contributed by atoms with Gasteiger partial charge in [0.2, 0.25) is 0 Å². The molecule has 0 aliphatic heterocycles. The van der Waals surface area contributed by atoms with E-state index >= 15 is 4.39 Å². The fourth-order valence-corrected chi connectivity index (χ4v) is 14.5. The van der Waals surface area contributed by atoms with Crippen molar-refractivity contribution in [3.05, 3.63) is 35.5 Å². The van der Waals surface area contributed by atoms with Crippen LogP contribution in [-0.4, -0.2) is 96.1 Å². The van der Waals surface area contributed by atoms with Crippen molar-refractivity contribution in [1.82, 2.24) is 0 Å². The number of hydrogen-bond acceptors (Lipinski definition) is 10. The monoisotopic (exact) mass is 754 g/mol. The molecule has 6 fully saturated rings. The van der Waals surface area contributed by atoms with E-state index in [9.17, 15) is 49.8 Å². The quantitative estimate of drug-likeness (QED) is 0.247. The van der Waals surface area contributed by atoms with E-state index in [0.717, 1.165) is 25.7 Å². The van der Waals surface area contributed by atoms with E-state index in [1.807, 2.05) is 6.92 Å². The van der Waals surface area contributed by atoms with E-state index in [4.69, 9.17) is 0 Å².